The van der Waals surface area contributed by atoms with Crippen molar-refractivity contribution in [1.29, 1.82) is 0 Å². The molecule has 1 heterocycles. The van der Waals surface area contributed by atoms with Gasteiger partial charge < -0.3 is 19.7 Å². The lowest BCUT2D eigenvalue weighted by atomic mass is 10.1. The van der Waals surface area contributed by atoms with Crippen molar-refractivity contribution in [3.8, 4) is 11.5 Å². The molecular weight excluding hydrogens is 487 g/mol. The molecule has 1 aromatic carbocycles. The highest BCUT2D eigenvalue weighted by Crippen LogP contribution is 2.27. The summed E-state index contributed by atoms with van der Waals surface area (Å²) in [7, 11) is 5.38. The van der Waals surface area contributed by atoms with Crippen LogP contribution in [-0.2, 0) is 12.8 Å². The third kappa shape index (κ3) is 7.46. The van der Waals surface area contributed by atoms with E-state index in [9.17, 15) is 0 Å². The summed E-state index contributed by atoms with van der Waals surface area (Å²) in [6, 6.07) is 6.05. The van der Waals surface area contributed by atoms with Crippen LogP contribution in [0.4, 0.5) is 0 Å². The van der Waals surface area contributed by atoms with Crippen molar-refractivity contribution in [2.75, 3.05) is 40.9 Å². The van der Waals surface area contributed by atoms with Gasteiger partial charge in [-0.1, -0.05) is 6.07 Å². The molecule has 6 nitrogen and oxygen atoms in total. The molecule has 8 heteroatoms. The summed E-state index contributed by atoms with van der Waals surface area (Å²) in [5.74, 6) is 2.44. The number of thiazole rings is 1. The minimum Gasteiger partial charge on any atom is -0.493 e. The number of rotatable bonds is 9. The second-order valence-electron chi connectivity index (χ2n) is 6.21. The first kappa shape index (κ1) is 24.5. The normalized spacial score (nSPS) is 11.0. The number of benzene rings is 1. The highest BCUT2D eigenvalue weighted by Gasteiger charge is 2.09. The van der Waals surface area contributed by atoms with Crippen LogP contribution in [0.2, 0.25) is 0 Å². The Morgan fingerprint density at radius 1 is 1.21 bits per heavy atom. The summed E-state index contributed by atoms with van der Waals surface area (Å²) in [5.41, 5.74) is 1.20. The van der Waals surface area contributed by atoms with Gasteiger partial charge in [-0.2, -0.15) is 0 Å². The molecule has 0 amide bonds. The lowest BCUT2D eigenvalue weighted by Crippen LogP contribution is -2.40. The van der Waals surface area contributed by atoms with Crippen molar-refractivity contribution in [2.24, 2.45) is 4.99 Å². The molecule has 0 radical (unpaired) electrons. The molecule has 1 N–H and O–H groups in total. The Balaban J connectivity index is 0.00000392. The number of nitrogens with one attached hydrogen (secondary N) is 1. The van der Waals surface area contributed by atoms with Gasteiger partial charge in [0.15, 0.2) is 17.5 Å². The number of halogens is 1. The number of hydrogen-bond acceptors (Lipinski definition) is 5. The molecule has 0 saturated carbocycles. The van der Waals surface area contributed by atoms with Crippen molar-refractivity contribution in [1.82, 2.24) is 15.2 Å². The molecule has 0 atom stereocenters. The first-order chi connectivity index (χ1) is 13.1. The molecule has 0 spiro atoms. The maximum Gasteiger partial charge on any atom is 0.193 e. The highest BCUT2D eigenvalue weighted by molar-refractivity contribution is 14.0. The average Bonchev–Trinajstić information content (AvgIpc) is 3.10. The van der Waals surface area contributed by atoms with Crippen molar-refractivity contribution in [3.05, 3.63) is 39.8 Å². The maximum atomic E-state index is 5.39. The van der Waals surface area contributed by atoms with Crippen molar-refractivity contribution in [3.63, 3.8) is 0 Å². The van der Waals surface area contributed by atoms with Gasteiger partial charge in [-0.05, 0) is 38.0 Å². The molecule has 0 aliphatic carbocycles. The monoisotopic (exact) mass is 518 g/mol. The van der Waals surface area contributed by atoms with E-state index in [1.165, 1.54) is 10.4 Å². The number of likely N-dealkylation sites (N-methyl/N-ethyl adjacent to an activating group) is 1. The third-order valence-electron chi connectivity index (χ3n) is 4.14. The molecule has 0 aliphatic rings. The lowest BCUT2D eigenvalue weighted by molar-refractivity contribution is 0.354. The van der Waals surface area contributed by atoms with E-state index in [-0.39, 0.29) is 24.0 Å². The van der Waals surface area contributed by atoms with E-state index in [4.69, 9.17) is 14.5 Å². The van der Waals surface area contributed by atoms with Crippen LogP contribution in [-0.4, -0.2) is 56.7 Å². The van der Waals surface area contributed by atoms with Gasteiger partial charge in [0.25, 0.3) is 0 Å². The molecular formula is C20H31IN4O2S. The Morgan fingerprint density at radius 3 is 2.57 bits per heavy atom. The molecule has 156 valence electrons. The van der Waals surface area contributed by atoms with Crippen molar-refractivity contribution < 1.29 is 9.47 Å². The number of aliphatic imine (C=N–C) groups is 1. The number of nitrogens with zero attached hydrogens (tertiary/aromatic N) is 3. The smallest absolute Gasteiger partial charge is 0.193 e. The number of ether oxygens (including phenoxy) is 2. The SMILES string of the molecule is CCNC(=NCCc1ncc(C)s1)N(C)CCc1ccc(OC)c(OC)c1.I. The first-order valence-corrected chi connectivity index (χ1v) is 10.0. The summed E-state index contributed by atoms with van der Waals surface area (Å²) in [4.78, 5) is 12.6. The minimum absolute atomic E-state index is 0. The fourth-order valence-corrected chi connectivity index (χ4v) is 3.46. The number of aromatic nitrogens is 1. The van der Waals surface area contributed by atoms with Crippen LogP contribution >= 0.6 is 35.3 Å². The lowest BCUT2D eigenvalue weighted by Gasteiger charge is -2.22. The molecule has 0 saturated heterocycles. The zero-order chi connectivity index (χ0) is 19.6. The van der Waals surface area contributed by atoms with Crippen LogP contribution in [0.15, 0.2) is 29.4 Å². The largest absolute Gasteiger partial charge is 0.493 e. The molecule has 0 unspecified atom stereocenters. The fourth-order valence-electron chi connectivity index (χ4n) is 2.68. The van der Waals surface area contributed by atoms with E-state index in [2.05, 4.69) is 42.2 Å². The molecule has 0 aliphatic heterocycles. The minimum atomic E-state index is 0. The second-order valence-corrected chi connectivity index (χ2v) is 7.53. The summed E-state index contributed by atoms with van der Waals surface area (Å²) < 4.78 is 10.7. The Labute approximate surface area is 189 Å². The number of aryl methyl sites for hydroxylation is 1. The van der Waals surface area contributed by atoms with Gasteiger partial charge in [-0.3, -0.25) is 4.99 Å². The van der Waals surface area contributed by atoms with Crippen LogP contribution in [0.25, 0.3) is 0 Å². The topological polar surface area (TPSA) is 59.0 Å². The number of guanidine groups is 1. The van der Waals surface area contributed by atoms with Gasteiger partial charge in [0.1, 0.15) is 0 Å². The van der Waals surface area contributed by atoms with Gasteiger partial charge in [0.2, 0.25) is 0 Å². The summed E-state index contributed by atoms with van der Waals surface area (Å²) >= 11 is 1.74. The second kappa shape index (κ2) is 12.8. The van der Waals surface area contributed by atoms with Crippen LogP contribution < -0.4 is 14.8 Å². The average molecular weight is 518 g/mol. The van der Waals surface area contributed by atoms with Gasteiger partial charge in [-0.15, -0.1) is 35.3 Å². The summed E-state index contributed by atoms with van der Waals surface area (Å²) in [6.45, 7) is 6.60. The number of methoxy groups -OCH3 is 2. The van der Waals surface area contributed by atoms with Crippen LogP contribution in [0.1, 0.15) is 22.4 Å². The van der Waals surface area contributed by atoms with E-state index in [1.54, 1.807) is 25.6 Å². The maximum absolute atomic E-state index is 5.39. The molecule has 28 heavy (non-hydrogen) atoms. The highest BCUT2D eigenvalue weighted by atomic mass is 127. The van der Waals surface area contributed by atoms with Gasteiger partial charge in [-0.25, -0.2) is 4.98 Å². The van der Waals surface area contributed by atoms with Crippen LogP contribution in [0.5, 0.6) is 11.5 Å². The summed E-state index contributed by atoms with van der Waals surface area (Å²) in [6.07, 6.45) is 3.69. The Bertz CT molecular complexity index is 752. The van der Waals surface area contributed by atoms with Gasteiger partial charge in [0, 0.05) is 44.2 Å². The zero-order valence-corrected chi connectivity index (χ0v) is 20.5. The number of hydrogen-bond donors (Lipinski definition) is 1. The zero-order valence-electron chi connectivity index (χ0n) is 17.3. The van der Waals surface area contributed by atoms with Crippen molar-refractivity contribution in [2.45, 2.75) is 26.7 Å². The van der Waals surface area contributed by atoms with Crippen LogP contribution in [0.3, 0.4) is 0 Å². The van der Waals surface area contributed by atoms with E-state index in [1.807, 2.05) is 18.3 Å². The molecule has 2 aromatic rings. The van der Waals surface area contributed by atoms with E-state index in [0.29, 0.717) is 0 Å². The van der Waals surface area contributed by atoms with E-state index < -0.39 is 0 Å². The van der Waals surface area contributed by atoms with E-state index in [0.717, 1.165) is 54.9 Å². The third-order valence-corrected chi connectivity index (χ3v) is 5.11. The predicted octanol–water partition coefficient (Wildman–Crippen LogP) is 3.77. The molecule has 0 bridgehead atoms. The van der Waals surface area contributed by atoms with Gasteiger partial charge >= 0.3 is 0 Å². The quantitative estimate of drug-likeness (QED) is 0.311. The Kier molecular flexibility index (Phi) is 11.2. The first-order valence-electron chi connectivity index (χ1n) is 9.19. The molecule has 2 rings (SSSR count). The summed E-state index contributed by atoms with van der Waals surface area (Å²) in [5, 5.41) is 4.50. The Morgan fingerprint density at radius 2 is 1.96 bits per heavy atom. The standard InChI is InChI=1S/C20H30N4O2S.HI/c1-6-21-20(22-11-9-19-23-14-15(2)27-19)24(3)12-10-16-7-8-17(25-4)18(13-16)26-5;/h7-8,13-14H,6,9-12H2,1-5H3,(H,21,22);1H. The Hall–Kier alpha value is -1.55. The fraction of sp³-hybridized carbons (Fsp3) is 0.500. The molecule has 0 fully saturated rings. The van der Waals surface area contributed by atoms with E-state index >= 15 is 0 Å². The van der Waals surface area contributed by atoms with Crippen LogP contribution in [0, 0.1) is 6.92 Å². The van der Waals surface area contributed by atoms with Gasteiger partial charge in [0.05, 0.1) is 19.2 Å². The van der Waals surface area contributed by atoms with Crippen molar-refractivity contribution >= 4 is 41.3 Å². The molecule has 1 aromatic heterocycles. The predicted molar refractivity (Wildman–Crippen MR) is 128 cm³/mol.